The van der Waals surface area contributed by atoms with E-state index < -0.39 is 301 Å². The molecule has 0 aliphatic carbocycles. The Hall–Kier alpha value is -13.2. The average molecular weight is 2180 g/mol. The number of aromatic amines is 1. The minimum Gasteiger partial charge on any atom is -0.480 e. The molecule has 22 amide bonds. The third kappa shape index (κ3) is 49.5. The van der Waals surface area contributed by atoms with Gasteiger partial charge >= 0.3 is 5.97 Å². The maximum Gasteiger partial charge on any atom is 0.326 e. The number of amides is 22. The molecule has 0 bridgehead atoms. The summed E-state index contributed by atoms with van der Waals surface area (Å²) in [6.45, 7) is 22.2. The van der Waals surface area contributed by atoms with Crippen molar-refractivity contribution in [1.82, 2.24) is 127 Å². The first-order valence-corrected chi connectivity index (χ1v) is 52.2. The van der Waals surface area contributed by atoms with Crippen LogP contribution in [-0.4, -0.2) is 341 Å². The van der Waals surface area contributed by atoms with Crippen LogP contribution < -0.4 is 139 Å². The Bertz CT molecular complexity index is 4940. The molecule has 33 N–H and O–H groups in total. The zero-order valence-electron chi connectivity index (χ0n) is 88.2. The van der Waals surface area contributed by atoms with Crippen molar-refractivity contribution in [2.75, 3.05) is 69.4 Å². The van der Waals surface area contributed by atoms with E-state index in [0.29, 0.717) is 35.1 Å². The van der Waals surface area contributed by atoms with Crippen LogP contribution in [0.4, 0.5) is 0 Å². The van der Waals surface area contributed by atoms with Gasteiger partial charge in [0.1, 0.15) is 109 Å². The highest BCUT2D eigenvalue weighted by atomic mass is 32.2. The molecule has 1 heterocycles. The van der Waals surface area contributed by atoms with Crippen molar-refractivity contribution < 1.29 is 120 Å². The number of hydrogen-bond acceptors (Lipinski definition) is 30. The second kappa shape index (κ2) is 68.5. The number of carboxylic acid groups (broad SMARTS) is 1. The Morgan fingerprint density at radius 1 is 0.360 bits per heavy atom. The zero-order valence-corrected chi connectivity index (χ0v) is 90.8. The minimum atomic E-state index is -1.69. The fourth-order valence-corrected chi connectivity index (χ4v) is 15.3. The predicted octanol–water partition coefficient (Wildman–Crippen LogP) is -8.10. The van der Waals surface area contributed by atoms with Gasteiger partial charge in [-0.05, 0) is 166 Å². The van der Waals surface area contributed by atoms with Crippen LogP contribution in [-0.2, 0) is 117 Å². The number of aliphatic carboxylic acids is 1. The molecule has 53 nitrogen and oxygen atoms in total. The van der Waals surface area contributed by atoms with Crippen LogP contribution in [0.15, 0.2) is 30.5 Å². The lowest BCUT2D eigenvalue weighted by molar-refractivity contribution is -0.143. The number of aliphatic hydroxyl groups is 1. The van der Waals surface area contributed by atoms with Crippen LogP contribution in [0.3, 0.4) is 0 Å². The molecule has 0 fully saturated rings. The topological polar surface area (TPSA) is 827 Å². The second-order valence-corrected chi connectivity index (χ2v) is 39.9. The molecule has 2 rings (SSSR count). The molecular weight excluding hydrogens is 2020 g/mol. The van der Waals surface area contributed by atoms with Gasteiger partial charge in [0.15, 0.2) is 5.96 Å². The van der Waals surface area contributed by atoms with Crippen molar-refractivity contribution >= 4 is 190 Å². The highest BCUT2D eigenvalue weighted by Gasteiger charge is 2.39. The summed E-state index contributed by atoms with van der Waals surface area (Å²) in [5, 5.41) is 84.8. The van der Waals surface area contributed by atoms with E-state index in [-0.39, 0.29) is 93.7 Å². The Morgan fingerprint density at radius 2 is 0.693 bits per heavy atom. The van der Waals surface area contributed by atoms with Crippen LogP contribution in [0.5, 0.6) is 0 Å². The summed E-state index contributed by atoms with van der Waals surface area (Å²) in [6.07, 6.45) is 4.12. The molecule has 0 spiro atoms. The Labute approximate surface area is 887 Å². The SMILES string of the molecule is CSCC[C@H](N)C(=O)NCC(=O)N[C@@H](CS)C(=O)N[C@@H](CO)C(=O)N[C@@H](C)C(=O)N[C@@H](CCCCN)C(=O)N[C@@H](C)C(=O)N[C@@H](CCCNC(=N)N)C(=O)N[C@@H](Cc1c[nH]c2ccccc12)C(=O)N[C@@H](C)C(=O)N[C@@H](C)C(=O)NCC(=O)N[C@@H](C)C(=O)N[C@@H](CC(C)C)C(=O)NCC(=O)N[C@H](C(=O)N[C@@H](C)C(=O)NCC(=O)N[C@@H](CC(C)C)C(=O)N[C@@H](CC(C)C)C(=O)N[C@@H](CS)C(=O)N[C@@H](C)C(=O)N[C@H](C(=O)O)C(C)C)C(C)C. The Kier molecular flexibility index (Phi) is 60.6. The fraction of sp³-hybridized carbons (Fsp3) is 0.660. The standard InChI is InChI=1S/C94H158N28O25S3/c1-44(2)32-62(83(136)104-40-72(127)121-73(47(7)8)92(145)111-50(12)76(129)102-38-70(125)112-63(33-45(3)4)87(140)117-64(34-46(5)6)88(141)120-68(43-149)90(143)110-55(17)81(134)122-74(48(9)10)93(146)147)116-78(131)51(13)105-69(124)37-101-75(128)49(11)106-77(130)52(14)108-86(139)65(35-56-36-100-59-25-20-19-24-57(56)59)118-85(138)61(27-23-30-99-94(97)98)115-79(132)53(15)107-84(137)60(26-21-22-29-95)114-80(133)54(16)109-89(142)66(41-123)119-91(144)67(42-148)113-71(126)39-103-82(135)58(96)28-31-150-18/h19-20,24-25,36,44-55,58,60-68,73-74,100,123,148-149H,21-23,26-35,37-43,95-96H2,1-18H3,(H,101,128)(H,102,129)(H,103,135)(H,104,136)(H,105,124)(H,106,130)(H,107,137)(H,108,139)(H,109,142)(H,110,143)(H,111,145)(H,112,125)(H,113,126)(H,114,133)(H,115,132)(H,116,131)(H,117,140)(H,118,138)(H,119,144)(H,120,141)(H,121,127)(H,122,134)(H,146,147)(H4,97,98,99)/t49-,50-,51-,52-,53-,54-,55-,58-,60-,61-,62-,63-,64-,65-,66-,67-,68-,73-,74-/m0/s1. The first-order valence-electron chi connectivity index (χ1n) is 49.5. The van der Waals surface area contributed by atoms with Gasteiger partial charge in [0, 0.05) is 41.6 Å². The monoisotopic (exact) mass is 2180 g/mol. The van der Waals surface area contributed by atoms with Crippen molar-refractivity contribution in [2.24, 2.45) is 46.8 Å². The van der Waals surface area contributed by atoms with E-state index in [0.717, 1.165) is 0 Å². The van der Waals surface area contributed by atoms with E-state index in [2.05, 4.69) is 153 Å². The average Bonchev–Trinajstić information content (AvgIpc) is 1.67. The number of aromatic nitrogens is 1. The first kappa shape index (κ1) is 133. The Balaban J connectivity index is 2.16. The van der Waals surface area contributed by atoms with E-state index in [1.165, 1.54) is 60.2 Å². The third-order valence-corrected chi connectivity index (χ3v) is 24.3. The summed E-state index contributed by atoms with van der Waals surface area (Å²) in [5.74, 6) is -22.6. The molecule has 0 saturated heterocycles. The predicted molar refractivity (Wildman–Crippen MR) is 562 cm³/mol. The minimum absolute atomic E-state index is 0.00950. The van der Waals surface area contributed by atoms with Gasteiger partial charge in [-0.2, -0.15) is 37.0 Å². The third-order valence-electron chi connectivity index (χ3n) is 22.9. The molecule has 0 saturated carbocycles. The number of para-hydroxylation sites is 1. The van der Waals surface area contributed by atoms with Crippen LogP contribution in [0, 0.1) is 35.0 Å². The lowest BCUT2D eigenvalue weighted by Crippen LogP contribution is -2.60. The number of carboxylic acids is 1. The summed E-state index contributed by atoms with van der Waals surface area (Å²) in [4.78, 5) is 313. The first-order chi connectivity index (χ1) is 70.3. The number of fused-ring (bicyclic) bond motifs is 1. The summed E-state index contributed by atoms with van der Waals surface area (Å²) >= 11 is 9.78. The van der Waals surface area contributed by atoms with E-state index >= 15 is 0 Å². The van der Waals surface area contributed by atoms with Gasteiger partial charge < -0.3 is 155 Å². The molecule has 1 aromatic heterocycles. The van der Waals surface area contributed by atoms with E-state index in [4.69, 9.17) is 22.6 Å². The van der Waals surface area contributed by atoms with Crippen LogP contribution in [0.2, 0.25) is 0 Å². The number of carbonyl (C=O) groups is 23. The number of nitrogens with two attached hydrogens (primary N) is 3. The summed E-state index contributed by atoms with van der Waals surface area (Å²) < 4.78 is 0. The highest BCUT2D eigenvalue weighted by Crippen LogP contribution is 2.21. The zero-order chi connectivity index (χ0) is 114. The largest absolute Gasteiger partial charge is 0.480 e. The summed E-state index contributed by atoms with van der Waals surface area (Å²) in [5.41, 5.74) is 18.3. The summed E-state index contributed by atoms with van der Waals surface area (Å²) in [7, 11) is 0. The van der Waals surface area contributed by atoms with Gasteiger partial charge in [-0.25, -0.2) is 4.79 Å². The van der Waals surface area contributed by atoms with Crippen LogP contribution in [0.1, 0.15) is 181 Å². The van der Waals surface area contributed by atoms with Crippen molar-refractivity contribution in [2.45, 2.75) is 297 Å². The lowest BCUT2D eigenvalue weighted by Gasteiger charge is -2.27. The maximum atomic E-state index is 14.7. The van der Waals surface area contributed by atoms with E-state index in [9.17, 15) is 120 Å². The number of H-pyrrole nitrogens is 1. The van der Waals surface area contributed by atoms with Crippen molar-refractivity contribution in [3.63, 3.8) is 0 Å². The van der Waals surface area contributed by atoms with Gasteiger partial charge in [-0.15, -0.1) is 0 Å². The highest BCUT2D eigenvalue weighted by molar-refractivity contribution is 7.98. The number of guanidine groups is 1. The van der Waals surface area contributed by atoms with Crippen molar-refractivity contribution in [3.8, 4) is 0 Å². The quantitative estimate of drug-likeness (QED) is 0.0127. The lowest BCUT2D eigenvalue weighted by atomic mass is 10.00. The number of rotatable bonds is 69. The number of hydrogen-bond donors (Lipinski definition) is 32. The normalized spacial score (nSPS) is 15.0. The molecule has 2 aromatic rings. The molecule has 0 unspecified atom stereocenters. The molecule has 0 aliphatic rings. The number of thiol groups is 2. The molecule has 19 atom stereocenters. The fourth-order valence-electron chi connectivity index (χ4n) is 14.3. The molecule has 842 valence electrons. The van der Waals surface area contributed by atoms with Gasteiger partial charge in [-0.1, -0.05) is 87.4 Å². The maximum absolute atomic E-state index is 14.7. The molecule has 56 heteroatoms. The number of carbonyl (C=O) groups excluding carboxylic acids is 22. The smallest absolute Gasteiger partial charge is 0.326 e. The van der Waals surface area contributed by atoms with Gasteiger partial charge in [0.2, 0.25) is 130 Å². The number of unbranched alkanes of at least 4 members (excludes halogenated alkanes) is 1. The number of nitrogens with one attached hydrogen (secondary N) is 25. The van der Waals surface area contributed by atoms with Crippen molar-refractivity contribution in [3.05, 3.63) is 36.0 Å². The van der Waals surface area contributed by atoms with Crippen molar-refractivity contribution in [1.29, 1.82) is 5.41 Å². The van der Waals surface area contributed by atoms with Crippen LogP contribution in [0.25, 0.3) is 10.9 Å². The molecule has 1 aromatic carbocycles. The number of aliphatic hydroxyl groups excluding tert-OH is 1. The van der Waals surface area contributed by atoms with Crippen LogP contribution >= 0.6 is 37.0 Å². The molecule has 0 radical (unpaired) electrons. The van der Waals surface area contributed by atoms with Gasteiger partial charge in [0.25, 0.3) is 0 Å². The second-order valence-electron chi connectivity index (χ2n) is 38.2. The van der Waals surface area contributed by atoms with E-state index in [1.54, 1.807) is 99.7 Å². The van der Waals surface area contributed by atoms with E-state index in [1.807, 2.05) is 6.26 Å². The molecule has 150 heavy (non-hydrogen) atoms. The molecule has 0 aliphatic heterocycles. The summed E-state index contributed by atoms with van der Waals surface area (Å²) in [6, 6.07) is -18.7. The Morgan fingerprint density at radius 3 is 1.15 bits per heavy atom. The van der Waals surface area contributed by atoms with Gasteiger partial charge in [0.05, 0.1) is 38.8 Å². The molecular formula is C94H158N28O25S3. The number of benzene rings is 1. The number of thioether (sulfide) groups is 1. The van der Waals surface area contributed by atoms with Gasteiger partial charge in [-0.3, -0.25) is 111 Å².